The maximum atomic E-state index is 5.86. The fourth-order valence-corrected chi connectivity index (χ4v) is 2.18. The Labute approximate surface area is 133 Å². The summed E-state index contributed by atoms with van der Waals surface area (Å²) in [6.07, 6.45) is 6.59. The summed E-state index contributed by atoms with van der Waals surface area (Å²) in [4.78, 5) is 4.08. The predicted octanol–water partition coefficient (Wildman–Crippen LogP) is 3.76. The van der Waals surface area contributed by atoms with Crippen molar-refractivity contribution in [1.82, 2.24) is 9.55 Å². The molecule has 1 aromatic carbocycles. The molecule has 0 bridgehead atoms. The van der Waals surface area contributed by atoms with E-state index in [0.29, 0.717) is 12.0 Å². The van der Waals surface area contributed by atoms with Crippen LogP contribution in [0.25, 0.3) is 5.69 Å². The van der Waals surface area contributed by atoms with Crippen molar-refractivity contribution in [2.75, 3.05) is 0 Å². The van der Waals surface area contributed by atoms with Crippen molar-refractivity contribution in [3.05, 3.63) is 48.0 Å². The van der Waals surface area contributed by atoms with Crippen LogP contribution in [0.1, 0.15) is 31.9 Å². The van der Waals surface area contributed by atoms with Gasteiger partial charge in [0.15, 0.2) is 0 Å². The van der Waals surface area contributed by atoms with E-state index >= 15 is 0 Å². The Bertz CT molecular complexity index is 516. The monoisotopic (exact) mass is 315 g/mol. The van der Waals surface area contributed by atoms with Crippen LogP contribution in [0.5, 0.6) is 0 Å². The molecule has 0 radical (unpaired) electrons. The summed E-state index contributed by atoms with van der Waals surface area (Å²) in [5.41, 5.74) is 9.77. The molecule has 0 amide bonds. The maximum Gasteiger partial charge on any atom is 0.0991 e. The highest BCUT2D eigenvalue weighted by molar-refractivity contribution is 5.85. The van der Waals surface area contributed by atoms with Gasteiger partial charge in [0.25, 0.3) is 0 Å². The second-order valence-electron chi connectivity index (χ2n) is 5.87. The maximum absolute atomic E-state index is 5.86. The van der Waals surface area contributed by atoms with Crippen molar-refractivity contribution in [3.8, 4) is 5.69 Å². The molecule has 1 heterocycles. The van der Waals surface area contributed by atoms with Crippen molar-refractivity contribution in [2.45, 2.75) is 33.7 Å². The van der Waals surface area contributed by atoms with E-state index in [1.165, 1.54) is 5.56 Å². The van der Waals surface area contributed by atoms with Gasteiger partial charge >= 0.3 is 0 Å². The van der Waals surface area contributed by atoms with Gasteiger partial charge < -0.3 is 10.3 Å². The molecule has 0 saturated heterocycles. The minimum absolute atomic E-state index is 0. The number of benzene rings is 1. The van der Waals surface area contributed by atoms with Crippen molar-refractivity contribution in [1.29, 1.82) is 0 Å². The predicted molar refractivity (Wildman–Crippen MR) is 89.1 cm³/mol. The molecule has 0 aliphatic heterocycles. The fraction of sp³-hybridized carbons (Fsp3) is 0.400. The molecule has 20 heavy (non-hydrogen) atoms. The summed E-state index contributed by atoms with van der Waals surface area (Å²) in [6.45, 7) is 7.29. The molecule has 2 N–H and O–H groups in total. The molecular formula is C15H23Cl2N3. The topological polar surface area (TPSA) is 43.8 Å². The molecule has 112 valence electrons. The van der Waals surface area contributed by atoms with Crippen LogP contribution in [0, 0.1) is 5.41 Å². The van der Waals surface area contributed by atoms with Crippen LogP contribution >= 0.6 is 24.8 Å². The van der Waals surface area contributed by atoms with Gasteiger partial charge in [-0.2, -0.15) is 0 Å². The molecule has 0 spiro atoms. The first-order valence-electron chi connectivity index (χ1n) is 6.30. The average Bonchev–Trinajstić information content (AvgIpc) is 2.80. The van der Waals surface area contributed by atoms with E-state index in [4.69, 9.17) is 5.73 Å². The largest absolute Gasteiger partial charge is 0.326 e. The lowest BCUT2D eigenvalue weighted by molar-refractivity contribution is 0.411. The van der Waals surface area contributed by atoms with Gasteiger partial charge in [-0.25, -0.2) is 4.98 Å². The highest BCUT2D eigenvalue weighted by atomic mass is 35.5. The summed E-state index contributed by atoms with van der Waals surface area (Å²) >= 11 is 0. The number of nitrogens with zero attached hydrogens (tertiary/aromatic N) is 2. The summed E-state index contributed by atoms with van der Waals surface area (Å²) in [7, 11) is 0. The molecule has 1 aromatic heterocycles. The number of imidazole rings is 1. The van der Waals surface area contributed by atoms with Crippen molar-refractivity contribution < 1.29 is 0 Å². The molecule has 3 nitrogen and oxygen atoms in total. The normalized spacial score (nSPS) is 10.6. The average molecular weight is 316 g/mol. The second kappa shape index (κ2) is 7.67. The Hall–Kier alpha value is -1.03. The minimum Gasteiger partial charge on any atom is -0.326 e. The number of aromatic nitrogens is 2. The number of hydrogen-bond acceptors (Lipinski definition) is 2. The van der Waals surface area contributed by atoms with Gasteiger partial charge in [0.2, 0.25) is 0 Å². The van der Waals surface area contributed by atoms with Crippen LogP contribution in [0.3, 0.4) is 0 Å². The first-order valence-corrected chi connectivity index (χ1v) is 6.30. The number of hydrogen-bond donors (Lipinski definition) is 1. The number of nitrogens with two attached hydrogens (primary N) is 1. The van der Waals surface area contributed by atoms with Crippen molar-refractivity contribution in [3.63, 3.8) is 0 Å². The quantitative estimate of drug-likeness (QED) is 0.937. The first-order chi connectivity index (χ1) is 8.49. The van der Waals surface area contributed by atoms with E-state index in [1.54, 1.807) is 12.5 Å². The molecule has 2 rings (SSSR count). The molecule has 0 aliphatic carbocycles. The molecule has 0 fully saturated rings. The zero-order valence-electron chi connectivity index (χ0n) is 12.2. The Morgan fingerprint density at radius 1 is 1.20 bits per heavy atom. The summed E-state index contributed by atoms with van der Waals surface area (Å²) in [5, 5.41) is 0. The van der Waals surface area contributed by atoms with Crippen LogP contribution in [-0.2, 0) is 13.0 Å². The van der Waals surface area contributed by atoms with E-state index in [-0.39, 0.29) is 24.8 Å². The van der Waals surface area contributed by atoms with Gasteiger partial charge in [0, 0.05) is 18.9 Å². The standard InChI is InChI=1S/C15H21N3.2ClH/c1-15(2,3)9-12-4-5-14(13(8-12)10-16)18-7-6-17-11-18;;/h4-8,11H,9-10,16H2,1-3H3;2*1H. The number of rotatable bonds is 3. The first kappa shape index (κ1) is 19.0. The second-order valence-corrected chi connectivity index (χ2v) is 5.87. The van der Waals surface area contributed by atoms with E-state index in [0.717, 1.165) is 17.7 Å². The Morgan fingerprint density at radius 2 is 1.90 bits per heavy atom. The molecule has 0 unspecified atom stereocenters. The van der Waals surface area contributed by atoms with E-state index in [9.17, 15) is 0 Å². The van der Waals surface area contributed by atoms with Crippen molar-refractivity contribution in [2.24, 2.45) is 11.1 Å². The van der Waals surface area contributed by atoms with Crippen LogP contribution in [0.15, 0.2) is 36.9 Å². The Kier molecular flexibility index (Phi) is 7.28. The molecule has 0 aliphatic rings. The summed E-state index contributed by atoms with van der Waals surface area (Å²) in [5.74, 6) is 0. The minimum atomic E-state index is 0. The Balaban J connectivity index is 0.00000180. The zero-order valence-corrected chi connectivity index (χ0v) is 13.8. The van der Waals surface area contributed by atoms with Crippen LogP contribution < -0.4 is 5.73 Å². The van der Waals surface area contributed by atoms with Crippen LogP contribution in [0.2, 0.25) is 0 Å². The smallest absolute Gasteiger partial charge is 0.0991 e. The van der Waals surface area contributed by atoms with Gasteiger partial charge in [-0.05, 0) is 29.0 Å². The highest BCUT2D eigenvalue weighted by Gasteiger charge is 2.12. The van der Waals surface area contributed by atoms with Crippen molar-refractivity contribution >= 4 is 24.8 Å². The third-order valence-electron chi connectivity index (χ3n) is 2.88. The molecule has 0 saturated carbocycles. The lowest BCUT2D eigenvalue weighted by Gasteiger charge is -2.19. The molecule has 5 heteroatoms. The van der Waals surface area contributed by atoms with Gasteiger partial charge in [0.05, 0.1) is 12.0 Å². The lowest BCUT2D eigenvalue weighted by Crippen LogP contribution is -2.11. The number of halogens is 2. The van der Waals surface area contributed by atoms with Gasteiger partial charge in [0.1, 0.15) is 0 Å². The third-order valence-corrected chi connectivity index (χ3v) is 2.88. The molecular weight excluding hydrogens is 293 g/mol. The SMILES string of the molecule is CC(C)(C)Cc1ccc(-n2ccnc2)c(CN)c1.Cl.Cl. The van der Waals surface area contributed by atoms with Crippen LogP contribution in [0.4, 0.5) is 0 Å². The van der Waals surface area contributed by atoms with E-state index < -0.39 is 0 Å². The molecule has 0 atom stereocenters. The van der Waals surface area contributed by atoms with E-state index in [2.05, 4.69) is 44.0 Å². The lowest BCUT2D eigenvalue weighted by atomic mass is 9.87. The summed E-state index contributed by atoms with van der Waals surface area (Å²) in [6, 6.07) is 6.52. The summed E-state index contributed by atoms with van der Waals surface area (Å²) < 4.78 is 2.00. The fourth-order valence-electron chi connectivity index (χ4n) is 2.18. The van der Waals surface area contributed by atoms with Crippen LogP contribution in [-0.4, -0.2) is 9.55 Å². The van der Waals surface area contributed by atoms with Gasteiger partial charge in [-0.15, -0.1) is 24.8 Å². The van der Waals surface area contributed by atoms with E-state index in [1.807, 2.05) is 10.8 Å². The van der Waals surface area contributed by atoms with Gasteiger partial charge in [-0.1, -0.05) is 32.9 Å². The Morgan fingerprint density at radius 3 is 2.40 bits per heavy atom. The zero-order chi connectivity index (χ0) is 13.2. The molecule has 2 aromatic rings. The third kappa shape index (κ3) is 4.82. The van der Waals surface area contributed by atoms with Gasteiger partial charge in [-0.3, -0.25) is 0 Å². The highest BCUT2D eigenvalue weighted by Crippen LogP contribution is 2.23.